The second-order valence-corrected chi connectivity index (χ2v) is 9.84. The van der Waals surface area contributed by atoms with Crippen molar-refractivity contribution in [2.24, 2.45) is 5.92 Å². The Hall–Kier alpha value is -2.32. The van der Waals surface area contributed by atoms with Crippen LogP contribution in [0.3, 0.4) is 0 Å². The van der Waals surface area contributed by atoms with Crippen molar-refractivity contribution in [3.63, 3.8) is 0 Å². The maximum Gasteiger partial charge on any atom is 0.341 e. The summed E-state index contributed by atoms with van der Waals surface area (Å²) in [5.74, 6) is 1.28. The minimum atomic E-state index is -0.278. The number of carbonyl (C=O) groups is 1. The molecule has 6 nitrogen and oxygen atoms in total. The van der Waals surface area contributed by atoms with Crippen LogP contribution in [0.4, 0.5) is 10.7 Å². The Bertz CT molecular complexity index is 983. The van der Waals surface area contributed by atoms with Gasteiger partial charge in [0.15, 0.2) is 5.11 Å². The summed E-state index contributed by atoms with van der Waals surface area (Å²) in [7, 11) is 1.44. The zero-order chi connectivity index (χ0) is 22.7. The van der Waals surface area contributed by atoms with Gasteiger partial charge in [0.05, 0.1) is 25.0 Å². The molecule has 172 valence electrons. The molecule has 2 heterocycles. The lowest BCUT2D eigenvalue weighted by molar-refractivity contribution is 0.0601. The number of esters is 1. The van der Waals surface area contributed by atoms with Crippen LogP contribution in [0.2, 0.25) is 0 Å². The first kappa shape index (κ1) is 22.9. The van der Waals surface area contributed by atoms with Gasteiger partial charge in [0, 0.05) is 31.1 Å². The molecule has 1 aromatic heterocycles. The number of carbonyl (C=O) groups excluding carboxylic acids is 1. The highest BCUT2D eigenvalue weighted by atomic mass is 32.1. The van der Waals surface area contributed by atoms with E-state index in [0.29, 0.717) is 23.2 Å². The molecule has 0 bridgehead atoms. The van der Waals surface area contributed by atoms with Crippen molar-refractivity contribution in [1.29, 1.82) is 0 Å². The summed E-state index contributed by atoms with van der Waals surface area (Å²) in [5, 5.41) is 4.88. The van der Waals surface area contributed by atoms with Gasteiger partial charge in [0.25, 0.3) is 0 Å². The zero-order valence-electron chi connectivity index (χ0n) is 19.0. The Morgan fingerprint density at radius 1 is 1.25 bits per heavy atom. The molecule has 1 N–H and O–H groups in total. The number of para-hydroxylation sites is 2. The molecule has 0 spiro atoms. The number of nitrogens with one attached hydrogen (secondary N) is 1. The zero-order valence-corrected chi connectivity index (χ0v) is 20.6. The van der Waals surface area contributed by atoms with Crippen molar-refractivity contribution in [1.82, 2.24) is 4.90 Å². The van der Waals surface area contributed by atoms with Gasteiger partial charge in [0.2, 0.25) is 0 Å². The average molecular weight is 474 g/mol. The van der Waals surface area contributed by atoms with Crippen molar-refractivity contribution in [3.05, 3.63) is 40.3 Å². The summed E-state index contributed by atoms with van der Waals surface area (Å²) >= 11 is 7.40. The minimum absolute atomic E-state index is 0.278. The third kappa shape index (κ3) is 4.71. The van der Waals surface area contributed by atoms with Crippen LogP contribution in [-0.2, 0) is 17.6 Å². The molecular formula is C24H31N3O3S2. The molecule has 0 saturated carbocycles. The number of thiocarbonyl (C=S) groups is 1. The second-order valence-electron chi connectivity index (χ2n) is 8.35. The van der Waals surface area contributed by atoms with E-state index >= 15 is 0 Å². The van der Waals surface area contributed by atoms with Crippen LogP contribution in [0.5, 0.6) is 5.75 Å². The van der Waals surface area contributed by atoms with E-state index in [9.17, 15) is 4.79 Å². The van der Waals surface area contributed by atoms with E-state index in [1.54, 1.807) is 11.3 Å². The number of hydrogen-bond donors (Lipinski definition) is 1. The minimum Gasteiger partial charge on any atom is -0.492 e. The fourth-order valence-corrected chi connectivity index (χ4v) is 6.23. The van der Waals surface area contributed by atoms with Crippen molar-refractivity contribution in [2.75, 3.05) is 50.1 Å². The molecule has 1 aromatic carbocycles. The van der Waals surface area contributed by atoms with Crippen LogP contribution in [0.25, 0.3) is 0 Å². The number of rotatable bonds is 5. The van der Waals surface area contributed by atoms with E-state index in [2.05, 4.69) is 28.1 Å². The van der Waals surface area contributed by atoms with Gasteiger partial charge in [-0.05, 0) is 62.0 Å². The summed E-state index contributed by atoms with van der Waals surface area (Å²) in [4.78, 5) is 18.4. The number of benzene rings is 1. The first-order valence-electron chi connectivity index (χ1n) is 11.3. The largest absolute Gasteiger partial charge is 0.492 e. The lowest BCUT2D eigenvalue weighted by Crippen LogP contribution is -2.50. The Balaban J connectivity index is 1.44. The van der Waals surface area contributed by atoms with E-state index < -0.39 is 0 Å². The van der Waals surface area contributed by atoms with E-state index in [-0.39, 0.29) is 5.97 Å². The highest BCUT2D eigenvalue weighted by Gasteiger charge is 2.29. The fraction of sp³-hybridized carbons (Fsp3) is 0.500. The van der Waals surface area contributed by atoms with Crippen LogP contribution in [-0.4, -0.2) is 55.9 Å². The fourth-order valence-electron chi connectivity index (χ4n) is 4.48. The van der Waals surface area contributed by atoms with Gasteiger partial charge in [-0.1, -0.05) is 19.1 Å². The molecule has 1 aliphatic heterocycles. The van der Waals surface area contributed by atoms with Gasteiger partial charge in [-0.3, -0.25) is 0 Å². The number of piperazine rings is 1. The summed E-state index contributed by atoms with van der Waals surface area (Å²) in [5.41, 5.74) is 2.94. The van der Waals surface area contributed by atoms with Gasteiger partial charge in [-0.2, -0.15) is 0 Å². The smallest absolute Gasteiger partial charge is 0.341 e. The molecule has 4 rings (SSSR count). The van der Waals surface area contributed by atoms with Crippen molar-refractivity contribution < 1.29 is 14.3 Å². The number of hydrogen-bond acceptors (Lipinski definition) is 6. The van der Waals surface area contributed by atoms with Crippen LogP contribution in [0, 0.1) is 5.92 Å². The third-order valence-electron chi connectivity index (χ3n) is 6.19. The summed E-state index contributed by atoms with van der Waals surface area (Å²) in [6, 6.07) is 8.18. The van der Waals surface area contributed by atoms with E-state index in [0.717, 1.165) is 67.4 Å². The van der Waals surface area contributed by atoms with Gasteiger partial charge >= 0.3 is 5.97 Å². The van der Waals surface area contributed by atoms with Crippen molar-refractivity contribution >= 4 is 45.3 Å². The number of anilines is 2. The number of ether oxygens (including phenoxy) is 2. The van der Waals surface area contributed by atoms with Gasteiger partial charge < -0.3 is 24.6 Å². The first-order chi connectivity index (χ1) is 15.5. The standard InChI is InChI=1S/C24H31N3O3S2/c1-4-30-19-8-6-5-7-18(19)26-11-13-27(14-12-26)24(31)25-22-21(23(28)29-3)17-10-9-16(2)15-20(17)32-22/h5-8,16H,4,9-15H2,1-3H3,(H,25,31). The number of thiophene rings is 1. The quantitative estimate of drug-likeness (QED) is 0.504. The maximum absolute atomic E-state index is 12.6. The summed E-state index contributed by atoms with van der Waals surface area (Å²) < 4.78 is 10.9. The monoisotopic (exact) mass is 473 g/mol. The number of fused-ring (bicyclic) bond motifs is 1. The summed E-state index contributed by atoms with van der Waals surface area (Å²) in [6.07, 6.45) is 3.03. The Morgan fingerprint density at radius 2 is 2.00 bits per heavy atom. The summed E-state index contributed by atoms with van der Waals surface area (Å²) in [6.45, 7) is 8.25. The topological polar surface area (TPSA) is 54.0 Å². The van der Waals surface area contributed by atoms with E-state index in [1.165, 1.54) is 12.0 Å². The SMILES string of the molecule is CCOc1ccccc1N1CCN(C(=S)Nc2sc3c(c2C(=O)OC)CCC(C)C3)CC1. The highest BCUT2D eigenvalue weighted by Crippen LogP contribution is 2.40. The van der Waals surface area contributed by atoms with Crippen LogP contribution >= 0.6 is 23.6 Å². The van der Waals surface area contributed by atoms with Crippen molar-refractivity contribution in [2.45, 2.75) is 33.1 Å². The Kier molecular flexibility index (Phi) is 7.20. The number of methoxy groups -OCH3 is 1. The van der Waals surface area contributed by atoms with E-state index in [4.69, 9.17) is 21.7 Å². The molecule has 1 aliphatic carbocycles. The predicted molar refractivity (Wildman–Crippen MR) is 134 cm³/mol. The van der Waals surface area contributed by atoms with Gasteiger partial charge in [-0.15, -0.1) is 11.3 Å². The first-order valence-corrected chi connectivity index (χ1v) is 12.5. The van der Waals surface area contributed by atoms with Crippen LogP contribution in [0.15, 0.2) is 24.3 Å². The molecule has 8 heteroatoms. The number of nitrogens with zero attached hydrogens (tertiary/aromatic N) is 2. The molecule has 1 atom stereocenters. The third-order valence-corrected chi connectivity index (χ3v) is 7.72. The molecule has 2 aliphatic rings. The molecule has 0 amide bonds. The predicted octanol–water partition coefficient (Wildman–Crippen LogP) is 4.58. The van der Waals surface area contributed by atoms with Crippen molar-refractivity contribution in [3.8, 4) is 5.75 Å². The van der Waals surface area contributed by atoms with Crippen LogP contribution in [0.1, 0.15) is 41.1 Å². The molecule has 2 aromatic rings. The highest BCUT2D eigenvalue weighted by molar-refractivity contribution is 7.80. The normalized spacial score (nSPS) is 18.2. The van der Waals surface area contributed by atoms with Gasteiger partial charge in [-0.25, -0.2) is 4.79 Å². The lowest BCUT2D eigenvalue weighted by atomic mass is 9.88. The Labute approximate surface area is 199 Å². The van der Waals surface area contributed by atoms with Crippen LogP contribution < -0.4 is 15.0 Å². The van der Waals surface area contributed by atoms with Gasteiger partial charge in [0.1, 0.15) is 10.8 Å². The van der Waals surface area contributed by atoms with E-state index in [1.807, 2.05) is 25.1 Å². The second kappa shape index (κ2) is 10.1. The molecule has 1 fully saturated rings. The average Bonchev–Trinajstić information content (AvgIpc) is 3.16. The molecule has 0 radical (unpaired) electrons. The maximum atomic E-state index is 12.6. The molecule has 32 heavy (non-hydrogen) atoms. The lowest BCUT2D eigenvalue weighted by Gasteiger charge is -2.37. The molecule has 1 unspecified atom stereocenters. The molecular weight excluding hydrogens is 442 g/mol. The Morgan fingerprint density at radius 3 is 2.72 bits per heavy atom. The molecule has 1 saturated heterocycles.